The molecule has 6 nitrogen and oxygen atoms in total. The van der Waals surface area contributed by atoms with E-state index in [1.807, 2.05) is 48.5 Å². The zero-order valence-corrected chi connectivity index (χ0v) is 21.0. The number of alkyl halides is 3. The number of rotatable bonds is 8. The molecule has 4 aromatic rings. The second kappa shape index (κ2) is 11.1. The molecule has 5 rings (SSSR count). The van der Waals surface area contributed by atoms with E-state index in [2.05, 4.69) is 5.32 Å². The van der Waals surface area contributed by atoms with E-state index in [9.17, 15) is 27.9 Å². The molecule has 0 saturated heterocycles. The Balaban J connectivity index is 1.23. The number of hydrogen-bond donors (Lipinski definition) is 2. The number of aliphatic carboxylic acids is 1. The predicted molar refractivity (Wildman–Crippen MR) is 141 cm³/mol. The summed E-state index contributed by atoms with van der Waals surface area (Å²) in [6.07, 6.45) is -5.48. The first-order valence-electron chi connectivity index (χ1n) is 12.5. The second-order valence-corrected chi connectivity index (χ2v) is 9.34. The minimum atomic E-state index is -4.51. The van der Waals surface area contributed by atoms with Crippen molar-refractivity contribution in [2.45, 2.75) is 24.6 Å². The smallest absolute Gasteiger partial charge is 0.416 e. The van der Waals surface area contributed by atoms with Gasteiger partial charge in [-0.15, -0.1) is 0 Å². The average Bonchev–Trinajstić information content (AvgIpc) is 3.25. The van der Waals surface area contributed by atoms with Gasteiger partial charge in [-0.3, -0.25) is 0 Å². The first-order valence-corrected chi connectivity index (χ1v) is 12.5. The van der Waals surface area contributed by atoms with Crippen molar-refractivity contribution >= 4 is 12.1 Å². The quantitative estimate of drug-likeness (QED) is 0.247. The molecule has 0 fully saturated rings. The molecule has 0 bridgehead atoms. The van der Waals surface area contributed by atoms with Gasteiger partial charge in [0.1, 0.15) is 24.1 Å². The normalized spacial score (nSPS) is 13.2. The Morgan fingerprint density at radius 1 is 0.825 bits per heavy atom. The monoisotopic (exact) mass is 547 g/mol. The van der Waals surface area contributed by atoms with E-state index in [0.717, 1.165) is 34.4 Å². The number of benzene rings is 4. The van der Waals surface area contributed by atoms with E-state index in [1.54, 1.807) is 18.2 Å². The number of nitrogens with one attached hydrogen (secondary N) is 1. The van der Waals surface area contributed by atoms with Crippen molar-refractivity contribution in [1.82, 2.24) is 5.32 Å². The van der Waals surface area contributed by atoms with Crippen LogP contribution in [-0.2, 0) is 22.1 Å². The third-order valence-corrected chi connectivity index (χ3v) is 6.67. The van der Waals surface area contributed by atoms with E-state index >= 15 is 0 Å². The molecule has 4 aromatic carbocycles. The van der Waals surface area contributed by atoms with Crippen molar-refractivity contribution in [1.29, 1.82) is 0 Å². The zero-order valence-electron chi connectivity index (χ0n) is 21.0. The van der Waals surface area contributed by atoms with E-state index < -0.39 is 29.8 Å². The maximum Gasteiger partial charge on any atom is 0.416 e. The van der Waals surface area contributed by atoms with Crippen LogP contribution >= 0.6 is 0 Å². The van der Waals surface area contributed by atoms with Crippen molar-refractivity contribution < 1.29 is 37.3 Å². The molecule has 0 saturated carbocycles. The molecular formula is C31H24F3NO5. The van der Waals surface area contributed by atoms with Gasteiger partial charge in [0.25, 0.3) is 0 Å². The fourth-order valence-corrected chi connectivity index (χ4v) is 4.83. The third kappa shape index (κ3) is 5.93. The Labute approximate surface area is 228 Å². The maximum atomic E-state index is 13.0. The van der Waals surface area contributed by atoms with Crippen LogP contribution in [0.4, 0.5) is 18.0 Å². The van der Waals surface area contributed by atoms with Gasteiger partial charge in [-0.05, 0) is 58.1 Å². The number of hydrogen-bond acceptors (Lipinski definition) is 4. The number of carboxylic acids is 1. The highest BCUT2D eigenvalue weighted by atomic mass is 19.4. The predicted octanol–water partition coefficient (Wildman–Crippen LogP) is 7.03. The van der Waals surface area contributed by atoms with Gasteiger partial charge in [0, 0.05) is 12.3 Å². The Bertz CT molecular complexity index is 1510. The van der Waals surface area contributed by atoms with Crippen LogP contribution < -0.4 is 10.1 Å². The number of carbonyl (C=O) groups excluding carboxylic acids is 1. The summed E-state index contributed by atoms with van der Waals surface area (Å²) in [5.74, 6) is -1.23. The van der Waals surface area contributed by atoms with Gasteiger partial charge >= 0.3 is 18.2 Å². The topological polar surface area (TPSA) is 84.9 Å². The molecule has 40 heavy (non-hydrogen) atoms. The van der Waals surface area contributed by atoms with Crippen molar-refractivity contribution in [2.75, 3.05) is 6.61 Å². The molecule has 0 radical (unpaired) electrons. The van der Waals surface area contributed by atoms with Crippen LogP contribution in [0, 0.1) is 0 Å². The van der Waals surface area contributed by atoms with Crippen LogP contribution in [0.1, 0.15) is 28.2 Å². The molecule has 0 spiro atoms. The summed E-state index contributed by atoms with van der Waals surface area (Å²) < 4.78 is 50.1. The second-order valence-electron chi connectivity index (χ2n) is 9.34. The molecular weight excluding hydrogens is 523 g/mol. The molecule has 0 aromatic heterocycles. The minimum Gasteiger partial charge on any atom is -0.480 e. The van der Waals surface area contributed by atoms with Gasteiger partial charge in [-0.25, -0.2) is 9.59 Å². The van der Waals surface area contributed by atoms with Gasteiger partial charge in [0.2, 0.25) is 0 Å². The lowest BCUT2D eigenvalue weighted by Crippen LogP contribution is -2.42. The van der Waals surface area contributed by atoms with Crippen LogP contribution in [0.25, 0.3) is 11.1 Å². The van der Waals surface area contributed by atoms with E-state index in [-0.39, 0.29) is 30.4 Å². The molecule has 9 heteroatoms. The van der Waals surface area contributed by atoms with Gasteiger partial charge in [0.15, 0.2) is 0 Å². The zero-order chi connectivity index (χ0) is 28.3. The molecule has 204 valence electrons. The molecule has 1 amide bonds. The summed E-state index contributed by atoms with van der Waals surface area (Å²) in [6, 6.07) is 25.1. The molecule has 0 aliphatic heterocycles. The average molecular weight is 548 g/mol. The number of halogens is 3. The first-order chi connectivity index (χ1) is 19.2. The summed E-state index contributed by atoms with van der Waals surface area (Å²) in [4.78, 5) is 24.6. The summed E-state index contributed by atoms with van der Waals surface area (Å²) in [6.45, 7) is 0.0342. The number of alkyl carbamates (subject to hydrolysis) is 1. The standard InChI is InChI=1S/C31H24F3NO5/c32-31(33,34)20-8-6-10-22(17-20)40-21-9-5-7-19(15-21)16-28(29(36)37)35-30(38)39-18-27-25-13-3-1-11-23(25)24-12-2-4-14-26(24)27/h1-15,17,27-28H,16,18H2,(H,35,38)(H,36,37). The fraction of sp³-hybridized carbons (Fsp3) is 0.161. The Kier molecular flexibility index (Phi) is 7.46. The van der Waals surface area contributed by atoms with Crippen molar-refractivity contribution in [2.24, 2.45) is 0 Å². The van der Waals surface area contributed by atoms with Gasteiger partial charge in [-0.2, -0.15) is 13.2 Å². The number of carboxylic acid groups (broad SMARTS) is 1. The Hall–Kier alpha value is -4.79. The van der Waals surface area contributed by atoms with Crippen LogP contribution in [0.3, 0.4) is 0 Å². The fourth-order valence-electron chi connectivity index (χ4n) is 4.83. The van der Waals surface area contributed by atoms with Gasteiger partial charge < -0.3 is 19.9 Å². The van der Waals surface area contributed by atoms with E-state index in [0.29, 0.717) is 5.56 Å². The maximum absolute atomic E-state index is 13.0. The third-order valence-electron chi connectivity index (χ3n) is 6.67. The van der Waals surface area contributed by atoms with Gasteiger partial charge in [-0.1, -0.05) is 66.7 Å². The lowest BCUT2D eigenvalue weighted by molar-refractivity contribution is -0.139. The summed E-state index contributed by atoms with van der Waals surface area (Å²) in [7, 11) is 0. The number of carbonyl (C=O) groups is 2. The Morgan fingerprint density at radius 3 is 2.05 bits per heavy atom. The number of ether oxygens (including phenoxy) is 2. The molecule has 1 atom stereocenters. The Morgan fingerprint density at radius 2 is 1.43 bits per heavy atom. The van der Waals surface area contributed by atoms with Crippen LogP contribution in [-0.4, -0.2) is 29.8 Å². The highest BCUT2D eigenvalue weighted by Gasteiger charge is 2.31. The van der Waals surface area contributed by atoms with Crippen molar-refractivity contribution in [3.05, 3.63) is 119 Å². The van der Waals surface area contributed by atoms with Crippen LogP contribution in [0.5, 0.6) is 11.5 Å². The minimum absolute atomic E-state index is 0.0153. The largest absolute Gasteiger partial charge is 0.480 e. The molecule has 0 heterocycles. The summed E-state index contributed by atoms with van der Waals surface area (Å²) >= 11 is 0. The molecule has 1 aliphatic carbocycles. The van der Waals surface area contributed by atoms with Crippen LogP contribution in [0.2, 0.25) is 0 Å². The van der Waals surface area contributed by atoms with Crippen molar-refractivity contribution in [3.63, 3.8) is 0 Å². The van der Waals surface area contributed by atoms with Crippen LogP contribution in [0.15, 0.2) is 97.1 Å². The highest BCUT2D eigenvalue weighted by Crippen LogP contribution is 2.44. The molecule has 1 aliphatic rings. The summed E-state index contributed by atoms with van der Waals surface area (Å²) in [5.41, 5.74) is 3.86. The van der Waals surface area contributed by atoms with Crippen molar-refractivity contribution in [3.8, 4) is 22.6 Å². The summed E-state index contributed by atoms with van der Waals surface area (Å²) in [5, 5.41) is 12.1. The van der Waals surface area contributed by atoms with Gasteiger partial charge in [0.05, 0.1) is 5.56 Å². The SMILES string of the molecule is O=C(NC(Cc1cccc(Oc2cccc(C(F)(F)F)c2)c1)C(=O)O)OCC1c2ccccc2-c2ccccc21. The number of amides is 1. The molecule has 1 unspecified atom stereocenters. The lowest BCUT2D eigenvalue weighted by atomic mass is 9.98. The van der Waals surface area contributed by atoms with E-state index in [1.165, 1.54) is 18.2 Å². The first kappa shape index (κ1) is 26.8. The van der Waals surface area contributed by atoms with E-state index in [4.69, 9.17) is 9.47 Å². The highest BCUT2D eigenvalue weighted by molar-refractivity contribution is 5.81. The lowest BCUT2D eigenvalue weighted by Gasteiger charge is -2.18. The molecule has 2 N–H and O–H groups in total. The number of fused-ring (bicyclic) bond motifs is 3.